The summed E-state index contributed by atoms with van der Waals surface area (Å²) in [6, 6.07) is 12.1. The van der Waals surface area contributed by atoms with Gasteiger partial charge in [-0.25, -0.2) is 4.79 Å². The molecule has 10 nitrogen and oxygen atoms in total. The van der Waals surface area contributed by atoms with E-state index in [0.717, 1.165) is 5.56 Å². The molecular formula is C25H31N3O7. The van der Waals surface area contributed by atoms with Gasteiger partial charge in [0.25, 0.3) is 0 Å². The lowest BCUT2D eigenvalue weighted by Crippen LogP contribution is -2.47. The molecule has 0 radical (unpaired) electrons. The number of hydrogen-bond donors (Lipinski definition) is 4. The van der Waals surface area contributed by atoms with Gasteiger partial charge < -0.3 is 40.0 Å². The molecule has 0 spiro atoms. The first-order valence-corrected chi connectivity index (χ1v) is 11.5. The molecule has 0 bridgehead atoms. The number of aliphatic hydroxyl groups is 1. The van der Waals surface area contributed by atoms with E-state index in [1.54, 1.807) is 50.6 Å². The lowest BCUT2D eigenvalue weighted by Gasteiger charge is -2.37. The molecule has 0 aromatic heterocycles. The number of urea groups is 1. The molecule has 0 saturated carbocycles. The highest BCUT2D eigenvalue weighted by Crippen LogP contribution is 2.47. The van der Waals surface area contributed by atoms with Gasteiger partial charge in [-0.2, -0.15) is 0 Å². The minimum Gasteiger partial charge on any atom is -0.497 e. The van der Waals surface area contributed by atoms with Crippen LogP contribution in [0.3, 0.4) is 0 Å². The lowest BCUT2D eigenvalue weighted by atomic mass is 9.84. The van der Waals surface area contributed by atoms with Crippen molar-refractivity contribution in [2.75, 3.05) is 44.6 Å². The van der Waals surface area contributed by atoms with Crippen molar-refractivity contribution in [2.45, 2.75) is 37.1 Å². The zero-order chi connectivity index (χ0) is 24.8. The second-order valence-corrected chi connectivity index (χ2v) is 8.51. The van der Waals surface area contributed by atoms with Crippen molar-refractivity contribution in [3.63, 3.8) is 0 Å². The Bertz CT molecular complexity index is 1030. The van der Waals surface area contributed by atoms with Crippen LogP contribution in [0.15, 0.2) is 42.5 Å². The zero-order valence-corrected chi connectivity index (χ0v) is 19.8. The number of nitrogens with one attached hydrogen (secondary N) is 3. The smallest absolute Gasteiger partial charge is 0.323 e. The molecule has 2 aromatic carbocycles. The van der Waals surface area contributed by atoms with Gasteiger partial charge >= 0.3 is 6.03 Å². The predicted molar refractivity (Wildman–Crippen MR) is 129 cm³/mol. The average Bonchev–Trinajstić information content (AvgIpc) is 3.22. The van der Waals surface area contributed by atoms with E-state index >= 15 is 0 Å². The lowest BCUT2D eigenvalue weighted by molar-refractivity contribution is -0.142. The fourth-order valence-corrected chi connectivity index (χ4v) is 4.51. The molecule has 3 amide bonds. The van der Waals surface area contributed by atoms with Crippen molar-refractivity contribution in [1.29, 1.82) is 0 Å². The summed E-state index contributed by atoms with van der Waals surface area (Å²) in [6.45, 7) is 0.647. The van der Waals surface area contributed by atoms with Crippen molar-refractivity contribution in [3.05, 3.63) is 48.0 Å². The number of anilines is 2. The van der Waals surface area contributed by atoms with Crippen molar-refractivity contribution < 1.29 is 33.6 Å². The second kappa shape index (κ2) is 11.4. The van der Waals surface area contributed by atoms with Crippen LogP contribution in [0.2, 0.25) is 0 Å². The molecule has 2 aliphatic rings. The van der Waals surface area contributed by atoms with Crippen molar-refractivity contribution >= 4 is 23.3 Å². The summed E-state index contributed by atoms with van der Waals surface area (Å²) in [5.74, 6) is 1.19. The van der Waals surface area contributed by atoms with Crippen molar-refractivity contribution in [2.24, 2.45) is 0 Å². The Morgan fingerprint density at radius 2 is 1.83 bits per heavy atom. The molecule has 2 aromatic rings. The first-order valence-electron chi connectivity index (χ1n) is 11.5. The molecule has 1 saturated heterocycles. The fraction of sp³-hybridized carbons (Fsp3) is 0.440. The number of methoxy groups -OCH3 is 2. The maximum absolute atomic E-state index is 12.5. The molecule has 4 atom stereocenters. The number of fused-ring (bicyclic) bond motifs is 3. The van der Waals surface area contributed by atoms with Crippen LogP contribution in [-0.4, -0.2) is 69.3 Å². The standard InChI is InChI=1S/C25H31N3O7/c1-32-10-9-26-23(30)13-18-12-20-19-11-16(5-8-21(19)35-24(20)22(14-29)34-18)28-25(31)27-15-3-6-17(33-2)7-4-15/h3-8,11,18,20,22,24,29H,9-10,12-14H2,1-2H3,(H,26,30)(H2,27,28,31)/t18-,20-,22-,24+/m1/s1. The van der Waals surface area contributed by atoms with Gasteiger partial charge in [0.1, 0.15) is 23.7 Å². The minimum atomic E-state index is -0.548. The summed E-state index contributed by atoms with van der Waals surface area (Å²) >= 11 is 0. The van der Waals surface area contributed by atoms with Gasteiger partial charge in [0, 0.05) is 36.5 Å². The van der Waals surface area contributed by atoms with Gasteiger partial charge in [-0.05, 0) is 48.9 Å². The molecule has 4 rings (SSSR count). The molecule has 0 unspecified atom stereocenters. The number of hydrogen-bond acceptors (Lipinski definition) is 7. The normalized spacial score (nSPS) is 22.4. The Morgan fingerprint density at radius 1 is 1.09 bits per heavy atom. The highest BCUT2D eigenvalue weighted by atomic mass is 16.6. The number of carbonyl (C=O) groups is 2. The first kappa shape index (κ1) is 24.8. The Balaban J connectivity index is 1.41. The Labute approximate surface area is 203 Å². The van der Waals surface area contributed by atoms with Gasteiger partial charge in [0.05, 0.1) is 32.8 Å². The highest BCUT2D eigenvalue weighted by Gasteiger charge is 2.46. The van der Waals surface area contributed by atoms with Gasteiger partial charge in [-0.15, -0.1) is 0 Å². The number of aliphatic hydroxyl groups excluding tert-OH is 1. The Hall–Kier alpha value is -3.34. The number of ether oxygens (including phenoxy) is 4. The molecule has 35 heavy (non-hydrogen) atoms. The number of rotatable bonds is 9. The van der Waals surface area contributed by atoms with Crippen LogP contribution in [0.1, 0.15) is 24.3 Å². The predicted octanol–water partition coefficient (Wildman–Crippen LogP) is 2.49. The van der Waals surface area contributed by atoms with Crippen molar-refractivity contribution in [3.8, 4) is 11.5 Å². The monoisotopic (exact) mass is 485 g/mol. The third kappa shape index (κ3) is 6.02. The van der Waals surface area contributed by atoms with E-state index in [2.05, 4.69) is 16.0 Å². The van der Waals surface area contributed by atoms with E-state index < -0.39 is 6.10 Å². The minimum absolute atomic E-state index is 0.0703. The fourth-order valence-electron chi connectivity index (χ4n) is 4.51. The van der Waals surface area contributed by atoms with Crippen LogP contribution in [-0.2, 0) is 14.3 Å². The largest absolute Gasteiger partial charge is 0.497 e. The Kier molecular flexibility index (Phi) is 8.06. The van der Waals surface area contributed by atoms with E-state index in [-0.39, 0.29) is 43.1 Å². The number of amides is 3. The third-order valence-electron chi connectivity index (χ3n) is 6.15. The van der Waals surface area contributed by atoms with E-state index in [9.17, 15) is 14.7 Å². The van der Waals surface area contributed by atoms with Gasteiger partial charge in [-0.3, -0.25) is 4.79 Å². The van der Waals surface area contributed by atoms with Crippen LogP contribution in [0.5, 0.6) is 11.5 Å². The molecular weight excluding hydrogens is 454 g/mol. The Morgan fingerprint density at radius 3 is 2.54 bits per heavy atom. The molecule has 4 N–H and O–H groups in total. The first-order chi connectivity index (χ1) is 17.0. The summed E-state index contributed by atoms with van der Waals surface area (Å²) < 4.78 is 22.2. The van der Waals surface area contributed by atoms with E-state index in [4.69, 9.17) is 18.9 Å². The van der Waals surface area contributed by atoms with E-state index in [0.29, 0.717) is 42.4 Å². The van der Waals surface area contributed by atoms with Gasteiger partial charge in [0.2, 0.25) is 5.91 Å². The third-order valence-corrected chi connectivity index (χ3v) is 6.15. The topological polar surface area (TPSA) is 127 Å². The van der Waals surface area contributed by atoms with Gasteiger partial charge in [0.15, 0.2) is 0 Å². The van der Waals surface area contributed by atoms with Gasteiger partial charge in [-0.1, -0.05) is 0 Å². The van der Waals surface area contributed by atoms with Crippen molar-refractivity contribution in [1.82, 2.24) is 5.32 Å². The number of benzene rings is 2. The zero-order valence-electron chi connectivity index (χ0n) is 19.8. The molecule has 188 valence electrons. The number of carbonyl (C=O) groups excluding carboxylic acids is 2. The second-order valence-electron chi connectivity index (χ2n) is 8.51. The van der Waals surface area contributed by atoms with E-state index in [1.165, 1.54) is 0 Å². The summed E-state index contributed by atoms with van der Waals surface area (Å²) in [4.78, 5) is 24.8. The van der Waals surface area contributed by atoms with Crippen LogP contribution >= 0.6 is 0 Å². The summed E-state index contributed by atoms with van der Waals surface area (Å²) in [7, 11) is 3.16. The van der Waals surface area contributed by atoms with E-state index in [1.807, 2.05) is 6.07 Å². The molecule has 1 fully saturated rings. The quantitative estimate of drug-likeness (QED) is 0.402. The maximum atomic E-state index is 12.5. The maximum Gasteiger partial charge on any atom is 0.323 e. The summed E-state index contributed by atoms with van der Waals surface area (Å²) in [6.07, 6.45) is -0.520. The molecule has 2 aliphatic heterocycles. The molecule has 0 aliphatic carbocycles. The summed E-state index contributed by atoms with van der Waals surface area (Å²) in [5.41, 5.74) is 2.17. The van der Waals surface area contributed by atoms with Crippen LogP contribution < -0.4 is 25.4 Å². The van der Waals surface area contributed by atoms with Crippen LogP contribution in [0, 0.1) is 0 Å². The highest BCUT2D eigenvalue weighted by molar-refractivity contribution is 5.99. The SMILES string of the molecule is COCCNC(=O)C[C@H]1C[C@@H]2c3cc(NC(=O)Nc4ccc(OC)cc4)ccc3O[C@@H]2[C@@H](CO)O1. The van der Waals surface area contributed by atoms with Crippen LogP contribution in [0.4, 0.5) is 16.2 Å². The molecule has 2 heterocycles. The average molecular weight is 486 g/mol. The van der Waals surface area contributed by atoms with Crippen LogP contribution in [0.25, 0.3) is 0 Å². The molecule has 10 heteroatoms. The summed E-state index contributed by atoms with van der Waals surface area (Å²) in [5, 5.41) is 18.3.